The van der Waals surface area contributed by atoms with E-state index in [9.17, 15) is 9.18 Å². The monoisotopic (exact) mass is 416 g/mol. The highest BCUT2D eigenvalue weighted by Crippen LogP contribution is 2.31. The van der Waals surface area contributed by atoms with E-state index in [1.165, 1.54) is 28.8 Å². The van der Waals surface area contributed by atoms with Crippen molar-refractivity contribution in [2.24, 2.45) is 5.92 Å². The second kappa shape index (κ2) is 9.88. The van der Waals surface area contributed by atoms with Crippen LogP contribution in [-0.2, 0) is 17.9 Å². The van der Waals surface area contributed by atoms with E-state index < -0.39 is 0 Å². The van der Waals surface area contributed by atoms with Gasteiger partial charge in [0.1, 0.15) is 5.82 Å². The van der Waals surface area contributed by atoms with E-state index in [2.05, 4.69) is 65.7 Å². The molecule has 4 heteroatoms. The molecule has 160 valence electrons. The van der Waals surface area contributed by atoms with E-state index in [1.54, 1.807) is 6.07 Å². The number of halogens is 1. The maximum atomic E-state index is 13.5. The molecule has 3 nitrogen and oxygen atoms in total. The van der Waals surface area contributed by atoms with Gasteiger partial charge in [0.2, 0.25) is 5.91 Å². The van der Waals surface area contributed by atoms with Crippen LogP contribution in [0, 0.1) is 18.7 Å². The zero-order valence-electron chi connectivity index (χ0n) is 17.9. The summed E-state index contributed by atoms with van der Waals surface area (Å²) in [5.74, 6) is -0.0311. The van der Waals surface area contributed by atoms with Crippen LogP contribution in [0.2, 0.25) is 0 Å². The Balaban J connectivity index is 1.48. The molecular formula is C27H29FN2O. The molecule has 0 aliphatic carbocycles. The number of aryl methyl sites for hydroxylation is 1. The highest BCUT2D eigenvalue weighted by molar-refractivity contribution is 5.79. The lowest BCUT2D eigenvalue weighted by Crippen LogP contribution is -2.45. The van der Waals surface area contributed by atoms with Crippen molar-refractivity contribution in [3.63, 3.8) is 0 Å². The summed E-state index contributed by atoms with van der Waals surface area (Å²) in [6.45, 7) is 4.95. The normalized spacial score (nSPS) is 19.2. The predicted molar refractivity (Wildman–Crippen MR) is 122 cm³/mol. The van der Waals surface area contributed by atoms with Crippen LogP contribution in [-0.4, -0.2) is 23.9 Å². The highest BCUT2D eigenvalue weighted by atomic mass is 19.1. The molecule has 0 aromatic heterocycles. The standard InChI is InChI=1S/C27H29FN2O/c1-20-7-5-11-23(13-20)24-15-25(19-30(18-24)17-21-8-3-2-4-9-21)27(31)29-16-22-10-6-12-26(28)14-22/h2-14,24-25H,15-19H2,1H3,(H,29,31)/t24-,25+/m0/s1. The Kier molecular flexibility index (Phi) is 6.78. The van der Waals surface area contributed by atoms with Gasteiger partial charge >= 0.3 is 0 Å². The summed E-state index contributed by atoms with van der Waals surface area (Å²) in [6, 6.07) is 25.4. The molecule has 0 unspecified atom stereocenters. The quantitative estimate of drug-likeness (QED) is 0.609. The molecular weight excluding hydrogens is 387 g/mol. The fraction of sp³-hybridized carbons (Fsp3) is 0.296. The lowest BCUT2D eigenvalue weighted by molar-refractivity contribution is -0.127. The maximum absolute atomic E-state index is 13.5. The van der Waals surface area contributed by atoms with Gasteiger partial charge in [-0.05, 0) is 48.1 Å². The van der Waals surface area contributed by atoms with E-state index in [-0.39, 0.29) is 17.6 Å². The Hall–Kier alpha value is -2.98. The number of nitrogens with one attached hydrogen (secondary N) is 1. The van der Waals surface area contributed by atoms with Crippen molar-refractivity contribution in [2.75, 3.05) is 13.1 Å². The van der Waals surface area contributed by atoms with Gasteiger partial charge in [0, 0.05) is 26.2 Å². The van der Waals surface area contributed by atoms with Crippen LogP contribution in [0.25, 0.3) is 0 Å². The molecule has 31 heavy (non-hydrogen) atoms. The van der Waals surface area contributed by atoms with E-state index >= 15 is 0 Å². The summed E-state index contributed by atoms with van der Waals surface area (Å²) in [5.41, 5.74) is 4.57. The van der Waals surface area contributed by atoms with Crippen molar-refractivity contribution in [1.29, 1.82) is 0 Å². The van der Waals surface area contributed by atoms with E-state index in [1.807, 2.05) is 12.1 Å². The van der Waals surface area contributed by atoms with Crippen LogP contribution < -0.4 is 5.32 Å². The number of likely N-dealkylation sites (tertiary alicyclic amines) is 1. The molecule has 1 aliphatic heterocycles. The van der Waals surface area contributed by atoms with Crippen molar-refractivity contribution < 1.29 is 9.18 Å². The summed E-state index contributed by atoms with van der Waals surface area (Å²) >= 11 is 0. The number of rotatable bonds is 6. The zero-order chi connectivity index (χ0) is 21.6. The maximum Gasteiger partial charge on any atom is 0.224 e. The van der Waals surface area contributed by atoms with Gasteiger partial charge in [-0.2, -0.15) is 0 Å². The van der Waals surface area contributed by atoms with E-state index in [0.717, 1.165) is 31.6 Å². The van der Waals surface area contributed by atoms with Gasteiger partial charge in [-0.25, -0.2) is 4.39 Å². The Morgan fingerprint density at radius 2 is 1.74 bits per heavy atom. The number of nitrogens with zero attached hydrogens (tertiary/aromatic N) is 1. The number of amides is 1. The Labute approximate surface area is 183 Å². The molecule has 1 saturated heterocycles. The van der Waals surface area contributed by atoms with Gasteiger partial charge in [0.05, 0.1) is 5.92 Å². The van der Waals surface area contributed by atoms with E-state index in [4.69, 9.17) is 0 Å². The molecule has 0 spiro atoms. The second-order valence-corrected chi connectivity index (χ2v) is 8.57. The first-order valence-electron chi connectivity index (χ1n) is 10.9. The first-order valence-corrected chi connectivity index (χ1v) is 10.9. The minimum Gasteiger partial charge on any atom is -0.352 e. The third-order valence-corrected chi connectivity index (χ3v) is 6.02. The molecule has 0 radical (unpaired) electrons. The number of carbonyl (C=O) groups excluding carboxylic acids is 1. The van der Waals surface area contributed by atoms with Gasteiger partial charge in [-0.15, -0.1) is 0 Å². The number of hydrogen-bond donors (Lipinski definition) is 1. The second-order valence-electron chi connectivity index (χ2n) is 8.57. The molecule has 2 atom stereocenters. The molecule has 1 fully saturated rings. The lowest BCUT2D eigenvalue weighted by atomic mass is 9.83. The number of piperidine rings is 1. The average molecular weight is 417 g/mol. The third-order valence-electron chi connectivity index (χ3n) is 6.02. The summed E-state index contributed by atoms with van der Waals surface area (Å²) in [4.78, 5) is 15.5. The predicted octanol–water partition coefficient (Wildman–Crippen LogP) is 5.06. The number of benzene rings is 3. The fourth-order valence-electron chi connectivity index (χ4n) is 4.50. The molecule has 1 N–H and O–H groups in total. The summed E-state index contributed by atoms with van der Waals surface area (Å²) in [5, 5.41) is 3.03. The number of carbonyl (C=O) groups is 1. The van der Waals surface area contributed by atoms with Gasteiger partial charge in [-0.1, -0.05) is 72.3 Å². The van der Waals surface area contributed by atoms with Crippen molar-refractivity contribution in [2.45, 2.75) is 32.4 Å². The zero-order valence-corrected chi connectivity index (χ0v) is 17.9. The van der Waals surface area contributed by atoms with Crippen molar-refractivity contribution in [3.8, 4) is 0 Å². The summed E-state index contributed by atoms with van der Waals surface area (Å²) in [7, 11) is 0. The minimum atomic E-state index is -0.280. The SMILES string of the molecule is Cc1cccc([C@H]2C[C@@H](C(=O)NCc3cccc(F)c3)CN(Cc3ccccc3)C2)c1. The summed E-state index contributed by atoms with van der Waals surface area (Å²) < 4.78 is 13.5. The molecule has 4 rings (SSSR count). The van der Waals surface area contributed by atoms with Crippen LogP contribution in [0.5, 0.6) is 0 Å². The van der Waals surface area contributed by atoms with Gasteiger partial charge in [0.15, 0.2) is 0 Å². The number of hydrogen-bond acceptors (Lipinski definition) is 2. The van der Waals surface area contributed by atoms with Crippen molar-refractivity contribution >= 4 is 5.91 Å². The highest BCUT2D eigenvalue weighted by Gasteiger charge is 2.32. The Bertz CT molecular complexity index is 1020. The van der Waals surface area contributed by atoms with Crippen LogP contribution in [0.15, 0.2) is 78.9 Å². The lowest BCUT2D eigenvalue weighted by Gasteiger charge is -2.37. The Morgan fingerprint density at radius 3 is 2.52 bits per heavy atom. The molecule has 3 aromatic rings. The summed E-state index contributed by atoms with van der Waals surface area (Å²) in [6.07, 6.45) is 0.823. The molecule has 0 saturated carbocycles. The molecule has 1 aliphatic rings. The van der Waals surface area contributed by atoms with E-state index in [0.29, 0.717) is 12.5 Å². The Morgan fingerprint density at radius 1 is 0.968 bits per heavy atom. The third kappa shape index (κ3) is 5.80. The smallest absolute Gasteiger partial charge is 0.224 e. The van der Waals surface area contributed by atoms with Crippen LogP contribution in [0.1, 0.15) is 34.6 Å². The first-order chi connectivity index (χ1) is 15.1. The van der Waals surface area contributed by atoms with Gasteiger partial charge in [0.25, 0.3) is 0 Å². The first kappa shape index (κ1) is 21.3. The largest absolute Gasteiger partial charge is 0.352 e. The van der Waals surface area contributed by atoms with Crippen molar-refractivity contribution in [3.05, 3.63) is 107 Å². The van der Waals surface area contributed by atoms with Crippen LogP contribution in [0.3, 0.4) is 0 Å². The van der Waals surface area contributed by atoms with Crippen LogP contribution >= 0.6 is 0 Å². The topological polar surface area (TPSA) is 32.3 Å². The van der Waals surface area contributed by atoms with Crippen molar-refractivity contribution in [1.82, 2.24) is 10.2 Å². The van der Waals surface area contributed by atoms with Gasteiger partial charge < -0.3 is 5.32 Å². The van der Waals surface area contributed by atoms with Crippen LogP contribution in [0.4, 0.5) is 4.39 Å². The molecule has 0 bridgehead atoms. The molecule has 1 heterocycles. The molecule has 3 aromatic carbocycles. The minimum absolute atomic E-state index is 0.0414. The van der Waals surface area contributed by atoms with Gasteiger partial charge in [-0.3, -0.25) is 9.69 Å². The fourth-order valence-corrected chi connectivity index (χ4v) is 4.50. The average Bonchev–Trinajstić information content (AvgIpc) is 2.78. The molecule has 1 amide bonds.